The first-order chi connectivity index (χ1) is 4.93. The summed E-state index contributed by atoms with van der Waals surface area (Å²) in [6.45, 7) is 1.47. The molecule has 0 atom stereocenters. The number of aliphatic hydroxyl groups excluding tert-OH is 1. The van der Waals surface area contributed by atoms with Gasteiger partial charge in [-0.2, -0.15) is 0 Å². The minimum absolute atomic E-state index is 0. The summed E-state index contributed by atoms with van der Waals surface area (Å²) in [4.78, 5) is 0. The molecule has 0 aromatic carbocycles. The summed E-state index contributed by atoms with van der Waals surface area (Å²) in [5.74, 6) is 0.897. The van der Waals surface area contributed by atoms with Gasteiger partial charge in [0.1, 0.15) is 5.76 Å². The highest BCUT2D eigenvalue weighted by Crippen LogP contribution is 1.97. The van der Waals surface area contributed by atoms with E-state index in [1.807, 2.05) is 12.1 Å². The van der Waals surface area contributed by atoms with Crippen molar-refractivity contribution in [3.05, 3.63) is 24.2 Å². The second kappa shape index (κ2) is 6.22. The van der Waals surface area contributed by atoms with Crippen LogP contribution in [0.2, 0.25) is 0 Å². The van der Waals surface area contributed by atoms with Crippen LogP contribution in [0.15, 0.2) is 22.8 Å². The fourth-order valence-electron chi connectivity index (χ4n) is 0.704. The molecule has 2 N–H and O–H groups in total. The number of rotatable bonds is 4. The van der Waals surface area contributed by atoms with Crippen molar-refractivity contribution >= 4 is 12.4 Å². The number of hydrogen-bond acceptors (Lipinski definition) is 3. The fraction of sp³-hybridized carbons (Fsp3) is 0.429. The van der Waals surface area contributed by atoms with Crippen molar-refractivity contribution in [2.75, 3.05) is 13.2 Å². The average molecular weight is 178 g/mol. The van der Waals surface area contributed by atoms with E-state index in [0.29, 0.717) is 13.1 Å². The predicted molar refractivity (Wildman–Crippen MR) is 44.7 cm³/mol. The third-order valence-electron chi connectivity index (χ3n) is 1.17. The molecule has 0 fully saturated rings. The smallest absolute Gasteiger partial charge is 0.117 e. The minimum Gasteiger partial charge on any atom is -0.468 e. The molecule has 4 heteroatoms. The fourth-order valence-corrected chi connectivity index (χ4v) is 0.704. The van der Waals surface area contributed by atoms with Crippen LogP contribution in [0.1, 0.15) is 5.76 Å². The Hall–Kier alpha value is -0.510. The van der Waals surface area contributed by atoms with E-state index in [2.05, 4.69) is 5.32 Å². The normalized spacial score (nSPS) is 9.18. The van der Waals surface area contributed by atoms with Gasteiger partial charge in [0, 0.05) is 6.54 Å². The van der Waals surface area contributed by atoms with Gasteiger partial charge < -0.3 is 14.8 Å². The third-order valence-corrected chi connectivity index (χ3v) is 1.17. The van der Waals surface area contributed by atoms with Crippen molar-refractivity contribution in [1.29, 1.82) is 0 Å². The van der Waals surface area contributed by atoms with Crippen molar-refractivity contribution in [2.24, 2.45) is 0 Å². The Labute approximate surface area is 71.8 Å². The van der Waals surface area contributed by atoms with Gasteiger partial charge in [-0.1, -0.05) is 0 Å². The SMILES string of the molecule is Cl.OCCNCc1ccco1. The first-order valence-electron chi connectivity index (χ1n) is 3.27. The number of hydrogen-bond donors (Lipinski definition) is 2. The van der Waals surface area contributed by atoms with Crippen LogP contribution in [0.5, 0.6) is 0 Å². The van der Waals surface area contributed by atoms with Crippen LogP contribution in [0.3, 0.4) is 0 Å². The summed E-state index contributed by atoms with van der Waals surface area (Å²) in [7, 11) is 0. The van der Waals surface area contributed by atoms with E-state index >= 15 is 0 Å². The Morgan fingerprint density at radius 3 is 2.91 bits per heavy atom. The Bertz CT molecular complexity index is 165. The van der Waals surface area contributed by atoms with Gasteiger partial charge in [0.05, 0.1) is 19.4 Å². The first-order valence-corrected chi connectivity index (χ1v) is 3.27. The van der Waals surface area contributed by atoms with Crippen molar-refractivity contribution in [1.82, 2.24) is 5.32 Å². The Kier molecular flexibility index (Phi) is 5.93. The summed E-state index contributed by atoms with van der Waals surface area (Å²) in [6.07, 6.45) is 1.63. The quantitative estimate of drug-likeness (QED) is 0.669. The van der Waals surface area contributed by atoms with Gasteiger partial charge >= 0.3 is 0 Å². The highest BCUT2D eigenvalue weighted by molar-refractivity contribution is 5.85. The van der Waals surface area contributed by atoms with Crippen molar-refractivity contribution in [2.45, 2.75) is 6.54 Å². The zero-order valence-electron chi connectivity index (χ0n) is 6.12. The summed E-state index contributed by atoms with van der Waals surface area (Å²) in [6, 6.07) is 3.74. The summed E-state index contributed by atoms with van der Waals surface area (Å²) in [5, 5.41) is 11.4. The zero-order chi connectivity index (χ0) is 7.23. The molecule has 0 radical (unpaired) electrons. The first kappa shape index (κ1) is 10.5. The molecular weight excluding hydrogens is 166 g/mol. The predicted octanol–water partition coefficient (Wildman–Crippen LogP) is 0.783. The third kappa shape index (κ3) is 4.03. The molecule has 1 heterocycles. The van der Waals surface area contributed by atoms with Gasteiger partial charge in [-0.05, 0) is 12.1 Å². The molecule has 0 aliphatic rings. The molecule has 3 nitrogen and oxygen atoms in total. The maximum absolute atomic E-state index is 8.40. The van der Waals surface area contributed by atoms with Crippen LogP contribution in [0, 0.1) is 0 Å². The lowest BCUT2D eigenvalue weighted by Crippen LogP contribution is -2.16. The van der Waals surface area contributed by atoms with Crippen molar-refractivity contribution in [3.8, 4) is 0 Å². The van der Waals surface area contributed by atoms with Crippen LogP contribution in [-0.4, -0.2) is 18.3 Å². The molecule has 0 amide bonds. The molecule has 0 saturated heterocycles. The summed E-state index contributed by atoms with van der Waals surface area (Å²) >= 11 is 0. The monoisotopic (exact) mass is 177 g/mol. The molecule has 0 aliphatic heterocycles. The average Bonchev–Trinajstić information content (AvgIpc) is 2.41. The highest BCUT2D eigenvalue weighted by Gasteiger charge is 1.91. The lowest BCUT2D eigenvalue weighted by Gasteiger charge is -1.96. The second-order valence-corrected chi connectivity index (χ2v) is 1.98. The van der Waals surface area contributed by atoms with E-state index in [-0.39, 0.29) is 19.0 Å². The summed E-state index contributed by atoms with van der Waals surface area (Å²) < 4.78 is 5.04. The van der Waals surface area contributed by atoms with Crippen LogP contribution in [-0.2, 0) is 6.54 Å². The zero-order valence-corrected chi connectivity index (χ0v) is 6.93. The van der Waals surface area contributed by atoms with E-state index in [0.717, 1.165) is 5.76 Å². The van der Waals surface area contributed by atoms with Gasteiger partial charge in [-0.25, -0.2) is 0 Å². The van der Waals surface area contributed by atoms with Crippen molar-refractivity contribution < 1.29 is 9.52 Å². The Morgan fingerprint density at radius 2 is 2.36 bits per heavy atom. The molecule has 11 heavy (non-hydrogen) atoms. The molecular formula is C7H12ClNO2. The van der Waals surface area contributed by atoms with Gasteiger partial charge in [-0.3, -0.25) is 0 Å². The second-order valence-electron chi connectivity index (χ2n) is 1.98. The number of furan rings is 1. The van der Waals surface area contributed by atoms with Crippen LogP contribution in [0.4, 0.5) is 0 Å². The Balaban J connectivity index is 0.000001000. The van der Waals surface area contributed by atoms with E-state index in [4.69, 9.17) is 9.52 Å². The van der Waals surface area contributed by atoms with Gasteiger partial charge in [0.15, 0.2) is 0 Å². The molecule has 0 spiro atoms. The Morgan fingerprint density at radius 1 is 1.55 bits per heavy atom. The summed E-state index contributed by atoms with van der Waals surface area (Å²) in [5.41, 5.74) is 0. The van der Waals surface area contributed by atoms with Gasteiger partial charge in [0.2, 0.25) is 0 Å². The number of nitrogens with one attached hydrogen (secondary N) is 1. The number of halogens is 1. The largest absolute Gasteiger partial charge is 0.468 e. The van der Waals surface area contributed by atoms with Crippen molar-refractivity contribution in [3.63, 3.8) is 0 Å². The lowest BCUT2D eigenvalue weighted by atomic mass is 10.4. The number of aliphatic hydroxyl groups is 1. The standard InChI is InChI=1S/C7H11NO2.ClH/c9-4-3-8-6-7-2-1-5-10-7;/h1-2,5,8-9H,3-4,6H2;1H. The topological polar surface area (TPSA) is 45.4 Å². The molecule has 0 aliphatic carbocycles. The minimum atomic E-state index is 0. The molecule has 1 aromatic rings. The van der Waals surface area contributed by atoms with E-state index in [9.17, 15) is 0 Å². The highest BCUT2D eigenvalue weighted by atomic mass is 35.5. The van der Waals surface area contributed by atoms with E-state index < -0.39 is 0 Å². The lowest BCUT2D eigenvalue weighted by molar-refractivity contribution is 0.289. The van der Waals surface area contributed by atoms with E-state index in [1.54, 1.807) is 6.26 Å². The molecule has 0 saturated carbocycles. The molecule has 1 rings (SSSR count). The molecule has 0 unspecified atom stereocenters. The van der Waals surface area contributed by atoms with Crippen LogP contribution in [0.25, 0.3) is 0 Å². The molecule has 64 valence electrons. The molecule has 1 aromatic heterocycles. The van der Waals surface area contributed by atoms with E-state index in [1.165, 1.54) is 0 Å². The van der Waals surface area contributed by atoms with Crippen LogP contribution < -0.4 is 5.32 Å². The maximum atomic E-state index is 8.40. The van der Waals surface area contributed by atoms with Crippen LogP contribution >= 0.6 is 12.4 Å². The maximum Gasteiger partial charge on any atom is 0.117 e. The molecule has 0 bridgehead atoms. The van der Waals surface area contributed by atoms with Gasteiger partial charge in [0.25, 0.3) is 0 Å². The van der Waals surface area contributed by atoms with Gasteiger partial charge in [-0.15, -0.1) is 12.4 Å².